The molecule has 0 aliphatic heterocycles. The fourth-order valence-electron chi connectivity index (χ4n) is 2.86. The predicted octanol–water partition coefficient (Wildman–Crippen LogP) is 7.17. The summed E-state index contributed by atoms with van der Waals surface area (Å²) in [6.45, 7) is 20.0. The molecule has 1 aromatic rings. The molecule has 0 unspecified atom stereocenters. The number of hydrogen-bond donors (Lipinski definition) is 1. The van der Waals surface area contributed by atoms with Gasteiger partial charge in [-0.3, -0.25) is 4.79 Å². The first kappa shape index (κ1) is 24.9. The lowest BCUT2D eigenvalue weighted by atomic mass is 9.98. The van der Waals surface area contributed by atoms with Crippen LogP contribution in [0, 0.1) is 6.92 Å². The molecule has 1 aromatic carbocycles. The minimum atomic E-state index is -0.0256. The lowest BCUT2D eigenvalue weighted by molar-refractivity contribution is -0.111. The Balaban J connectivity index is 3.17. The molecule has 0 fully saturated rings. The van der Waals surface area contributed by atoms with E-state index in [4.69, 9.17) is 0 Å². The molecule has 30 heavy (non-hydrogen) atoms. The number of ketones is 1. The molecule has 0 aliphatic rings. The summed E-state index contributed by atoms with van der Waals surface area (Å²) in [5, 5.41) is 3.29. The van der Waals surface area contributed by atoms with Crippen molar-refractivity contribution >= 4 is 11.4 Å². The molecule has 2 heteroatoms. The van der Waals surface area contributed by atoms with Gasteiger partial charge in [0.2, 0.25) is 0 Å². The molecular weight excluding hydrogens is 366 g/mol. The molecule has 0 amide bonds. The average Bonchev–Trinajstić information content (AvgIpc) is 2.70. The van der Waals surface area contributed by atoms with E-state index in [0.717, 1.165) is 34.4 Å². The van der Waals surface area contributed by atoms with Crippen molar-refractivity contribution in [3.63, 3.8) is 0 Å². The molecule has 0 atom stereocenters. The number of aryl methyl sites for hydroxylation is 1. The molecule has 158 valence electrons. The van der Waals surface area contributed by atoms with Gasteiger partial charge < -0.3 is 5.32 Å². The number of hydrogen-bond acceptors (Lipinski definition) is 2. The van der Waals surface area contributed by atoms with Crippen LogP contribution < -0.4 is 5.32 Å². The fraction of sp³-hybridized carbons (Fsp3) is 0.250. The van der Waals surface area contributed by atoms with Crippen molar-refractivity contribution in [1.82, 2.24) is 5.32 Å². The van der Waals surface area contributed by atoms with Gasteiger partial charge in [0, 0.05) is 18.0 Å². The van der Waals surface area contributed by atoms with Crippen molar-refractivity contribution in [1.29, 1.82) is 0 Å². The van der Waals surface area contributed by atoms with Crippen LogP contribution in [0.15, 0.2) is 96.4 Å². The Hall–Kier alpha value is -3.13. The molecule has 0 spiro atoms. The second kappa shape index (κ2) is 12.4. The molecule has 0 saturated carbocycles. The van der Waals surface area contributed by atoms with E-state index in [1.807, 2.05) is 45.1 Å². The molecule has 0 saturated heterocycles. The minimum Gasteiger partial charge on any atom is -0.361 e. The van der Waals surface area contributed by atoms with Gasteiger partial charge in [-0.15, -0.1) is 0 Å². The molecule has 0 radical (unpaired) electrons. The zero-order valence-corrected chi connectivity index (χ0v) is 19.3. The van der Waals surface area contributed by atoms with Gasteiger partial charge in [-0.2, -0.15) is 0 Å². The Morgan fingerprint density at radius 1 is 1.17 bits per heavy atom. The predicted molar refractivity (Wildman–Crippen MR) is 132 cm³/mol. The fourth-order valence-corrected chi connectivity index (χ4v) is 2.86. The number of carbonyl (C=O) groups excluding carboxylic acids is 1. The van der Waals surface area contributed by atoms with Crippen molar-refractivity contribution < 1.29 is 4.79 Å². The molecule has 1 rings (SSSR count). The van der Waals surface area contributed by atoms with Crippen LogP contribution in [0.5, 0.6) is 0 Å². The number of carbonyl (C=O) groups is 1. The van der Waals surface area contributed by atoms with Crippen LogP contribution in [0.1, 0.15) is 51.3 Å². The van der Waals surface area contributed by atoms with Crippen molar-refractivity contribution in [2.75, 3.05) is 0 Å². The van der Waals surface area contributed by atoms with E-state index >= 15 is 0 Å². The van der Waals surface area contributed by atoms with Gasteiger partial charge in [-0.1, -0.05) is 72.9 Å². The summed E-state index contributed by atoms with van der Waals surface area (Å²) in [4.78, 5) is 12.2. The first-order valence-corrected chi connectivity index (χ1v) is 10.2. The van der Waals surface area contributed by atoms with Crippen LogP contribution in [-0.2, 0) is 11.2 Å². The zero-order valence-electron chi connectivity index (χ0n) is 19.3. The maximum atomic E-state index is 12.2. The number of benzene rings is 1. The van der Waals surface area contributed by atoms with E-state index in [2.05, 4.69) is 63.5 Å². The first-order valence-electron chi connectivity index (χ1n) is 10.2. The lowest BCUT2D eigenvalue weighted by Gasteiger charge is -2.13. The smallest absolute Gasteiger partial charge is 0.182 e. The molecule has 0 bridgehead atoms. The van der Waals surface area contributed by atoms with Crippen molar-refractivity contribution in [3.05, 3.63) is 113 Å². The summed E-state index contributed by atoms with van der Waals surface area (Å²) in [6.07, 6.45) is 13.6. The molecule has 0 aromatic heterocycles. The van der Waals surface area contributed by atoms with Gasteiger partial charge in [-0.25, -0.2) is 0 Å². The number of nitrogens with one attached hydrogen (secondary N) is 1. The third kappa shape index (κ3) is 7.71. The Bertz CT molecular complexity index is 945. The summed E-state index contributed by atoms with van der Waals surface area (Å²) < 4.78 is 0. The summed E-state index contributed by atoms with van der Waals surface area (Å²) >= 11 is 0. The second-order valence-electron chi connectivity index (χ2n) is 7.58. The first-order chi connectivity index (χ1) is 14.2. The zero-order chi connectivity index (χ0) is 22.7. The minimum absolute atomic E-state index is 0.0256. The molecular formula is C28H35NO. The van der Waals surface area contributed by atoms with E-state index in [-0.39, 0.29) is 5.78 Å². The van der Waals surface area contributed by atoms with Crippen molar-refractivity contribution in [2.45, 2.75) is 48.0 Å². The van der Waals surface area contributed by atoms with Gasteiger partial charge in [-0.05, 0) is 75.8 Å². The van der Waals surface area contributed by atoms with Crippen molar-refractivity contribution in [2.24, 2.45) is 0 Å². The third-order valence-corrected chi connectivity index (χ3v) is 4.80. The highest BCUT2D eigenvalue weighted by molar-refractivity contribution is 6.03. The number of allylic oxidation sites excluding steroid dienone is 9. The Morgan fingerprint density at radius 2 is 1.87 bits per heavy atom. The van der Waals surface area contributed by atoms with Crippen LogP contribution in [0.3, 0.4) is 0 Å². The average molecular weight is 402 g/mol. The topological polar surface area (TPSA) is 29.1 Å². The van der Waals surface area contributed by atoms with Crippen molar-refractivity contribution in [3.8, 4) is 0 Å². The SMILES string of the molecule is C=CC(=C(C)C)/C(=C/Cc1cc(C(=C)C)ccc1C)N/C=C/C(=O)/C(C)=C/C=C\C. The maximum absolute atomic E-state index is 12.2. The van der Waals surface area contributed by atoms with E-state index < -0.39 is 0 Å². The van der Waals surface area contributed by atoms with Gasteiger partial charge in [0.15, 0.2) is 5.78 Å². The highest BCUT2D eigenvalue weighted by Gasteiger charge is 2.06. The van der Waals surface area contributed by atoms with E-state index in [1.54, 1.807) is 12.3 Å². The molecule has 0 aliphatic carbocycles. The standard InChI is InChI=1S/C28H35NO/c1-9-11-12-23(8)28(30)17-18-29-27(26(10-2)21(5)6)16-15-25-19-24(20(3)4)14-13-22(25)7/h9-14,16-19,29H,2-3,15H2,1,4-8H3/b11-9-,18-17+,23-12+,27-16-. The molecule has 0 heterocycles. The largest absolute Gasteiger partial charge is 0.361 e. The summed E-state index contributed by atoms with van der Waals surface area (Å²) in [5.41, 5.74) is 8.50. The molecule has 1 N–H and O–H groups in total. The van der Waals surface area contributed by atoms with Gasteiger partial charge in [0.05, 0.1) is 0 Å². The third-order valence-electron chi connectivity index (χ3n) is 4.80. The van der Waals surface area contributed by atoms with Crippen LogP contribution in [0.4, 0.5) is 0 Å². The highest BCUT2D eigenvalue weighted by atomic mass is 16.1. The van der Waals surface area contributed by atoms with E-state index in [9.17, 15) is 4.79 Å². The van der Waals surface area contributed by atoms with Gasteiger partial charge >= 0.3 is 0 Å². The Kier molecular flexibility index (Phi) is 10.3. The Labute approximate surface area is 182 Å². The van der Waals surface area contributed by atoms with E-state index in [1.165, 1.54) is 11.1 Å². The lowest BCUT2D eigenvalue weighted by Crippen LogP contribution is -2.10. The van der Waals surface area contributed by atoms with Gasteiger partial charge in [0.1, 0.15) is 0 Å². The quantitative estimate of drug-likeness (QED) is 0.332. The summed E-state index contributed by atoms with van der Waals surface area (Å²) in [5.74, 6) is -0.0256. The Morgan fingerprint density at radius 3 is 2.43 bits per heavy atom. The van der Waals surface area contributed by atoms with Crippen LogP contribution in [0.2, 0.25) is 0 Å². The second-order valence-corrected chi connectivity index (χ2v) is 7.58. The van der Waals surface area contributed by atoms with Gasteiger partial charge in [0.25, 0.3) is 0 Å². The monoisotopic (exact) mass is 401 g/mol. The van der Waals surface area contributed by atoms with Crippen LogP contribution >= 0.6 is 0 Å². The van der Waals surface area contributed by atoms with E-state index in [0.29, 0.717) is 5.57 Å². The molecule has 2 nitrogen and oxygen atoms in total. The number of rotatable bonds is 10. The summed E-state index contributed by atoms with van der Waals surface area (Å²) in [6, 6.07) is 6.43. The summed E-state index contributed by atoms with van der Waals surface area (Å²) in [7, 11) is 0. The maximum Gasteiger partial charge on any atom is 0.182 e. The van der Waals surface area contributed by atoms with Crippen LogP contribution in [-0.4, -0.2) is 5.78 Å². The highest BCUT2D eigenvalue weighted by Crippen LogP contribution is 2.20. The van der Waals surface area contributed by atoms with Crippen LogP contribution in [0.25, 0.3) is 5.57 Å². The normalized spacial score (nSPS) is 12.3.